The van der Waals surface area contributed by atoms with Crippen LogP contribution in [0, 0.1) is 0 Å². The Morgan fingerprint density at radius 2 is 1.02 bits per heavy atom. The first-order valence-corrected chi connectivity index (χ1v) is 15.9. The first kappa shape index (κ1) is 26.0. The van der Waals surface area contributed by atoms with E-state index in [1.807, 2.05) is 6.07 Å². The van der Waals surface area contributed by atoms with E-state index in [1.54, 1.807) is 0 Å². The maximum atomic E-state index is 6.70. The molecule has 2 heterocycles. The van der Waals surface area contributed by atoms with Gasteiger partial charge in [0.25, 0.3) is 0 Å². The number of hydrogen-bond acceptors (Lipinski definition) is 3. The molecule has 0 aliphatic carbocycles. The summed E-state index contributed by atoms with van der Waals surface area (Å²) in [6.45, 7) is 0. The van der Waals surface area contributed by atoms with Crippen molar-refractivity contribution in [3.8, 4) is 11.1 Å². The zero-order valence-electron chi connectivity index (χ0n) is 25.4. The van der Waals surface area contributed by atoms with Crippen LogP contribution in [0.5, 0.6) is 0 Å². The summed E-state index contributed by atoms with van der Waals surface area (Å²) >= 11 is 0. The molecule has 0 atom stereocenters. The van der Waals surface area contributed by atoms with Crippen LogP contribution in [-0.2, 0) is 0 Å². The molecule has 220 valence electrons. The Morgan fingerprint density at radius 1 is 0.362 bits per heavy atom. The lowest BCUT2D eigenvalue weighted by Crippen LogP contribution is -2.10. The molecule has 47 heavy (non-hydrogen) atoms. The van der Waals surface area contributed by atoms with Gasteiger partial charge in [-0.1, -0.05) is 97.1 Å². The Morgan fingerprint density at radius 3 is 1.83 bits per heavy atom. The average molecular weight is 602 g/mol. The van der Waals surface area contributed by atoms with Crippen LogP contribution in [0.2, 0.25) is 0 Å². The fourth-order valence-corrected chi connectivity index (χ4v) is 7.17. The van der Waals surface area contributed by atoms with Crippen LogP contribution in [0.15, 0.2) is 173 Å². The summed E-state index contributed by atoms with van der Waals surface area (Å²) in [7, 11) is 0. The molecule has 0 saturated heterocycles. The van der Waals surface area contributed by atoms with Gasteiger partial charge in [0.15, 0.2) is 0 Å². The van der Waals surface area contributed by atoms with Gasteiger partial charge in [0, 0.05) is 22.1 Å². The molecule has 0 saturated carbocycles. The third kappa shape index (κ3) is 4.07. The van der Waals surface area contributed by atoms with E-state index in [-0.39, 0.29) is 0 Å². The lowest BCUT2D eigenvalue weighted by molar-refractivity contribution is 0.663. The lowest BCUT2D eigenvalue weighted by atomic mass is 10.0. The van der Waals surface area contributed by atoms with E-state index in [2.05, 4.69) is 163 Å². The van der Waals surface area contributed by atoms with E-state index >= 15 is 0 Å². The number of hydrogen-bond donors (Lipinski definition) is 0. The summed E-state index contributed by atoms with van der Waals surface area (Å²) in [5, 5.41) is 9.05. The highest BCUT2D eigenvalue weighted by Crippen LogP contribution is 2.46. The van der Waals surface area contributed by atoms with Gasteiger partial charge in [0.05, 0.1) is 16.5 Å². The lowest BCUT2D eigenvalue weighted by Gasteiger charge is -2.26. The first-order chi connectivity index (χ1) is 23.3. The third-order valence-corrected chi connectivity index (χ3v) is 9.41. The molecule has 0 bridgehead atoms. The Balaban J connectivity index is 1.19. The van der Waals surface area contributed by atoms with E-state index in [1.165, 1.54) is 27.3 Å². The molecule has 0 aliphatic rings. The predicted molar refractivity (Wildman–Crippen MR) is 196 cm³/mol. The molecule has 2 aromatic heterocycles. The number of nitrogens with zero attached hydrogens (tertiary/aromatic N) is 1. The van der Waals surface area contributed by atoms with E-state index in [0.717, 1.165) is 66.3 Å². The van der Waals surface area contributed by atoms with Crippen LogP contribution in [0.4, 0.5) is 17.1 Å². The van der Waals surface area contributed by atoms with E-state index in [4.69, 9.17) is 8.83 Å². The monoisotopic (exact) mass is 601 g/mol. The van der Waals surface area contributed by atoms with Crippen LogP contribution >= 0.6 is 0 Å². The van der Waals surface area contributed by atoms with Gasteiger partial charge in [-0.05, 0) is 99.4 Å². The molecule has 0 amide bonds. The predicted octanol–water partition coefficient (Wildman–Crippen LogP) is 12.9. The number of fused-ring (bicyclic) bond motifs is 9. The van der Waals surface area contributed by atoms with Crippen molar-refractivity contribution in [3.05, 3.63) is 164 Å². The fraction of sp³-hybridized carbons (Fsp3) is 0. The van der Waals surface area contributed by atoms with Crippen LogP contribution in [0.1, 0.15) is 0 Å². The highest BCUT2D eigenvalue weighted by molar-refractivity contribution is 6.26. The van der Waals surface area contributed by atoms with Crippen molar-refractivity contribution in [1.29, 1.82) is 0 Å². The number of furan rings is 2. The van der Waals surface area contributed by atoms with Gasteiger partial charge < -0.3 is 13.7 Å². The van der Waals surface area contributed by atoms with Crippen molar-refractivity contribution < 1.29 is 8.83 Å². The molecule has 8 aromatic carbocycles. The maximum Gasteiger partial charge on any atom is 0.147 e. The molecule has 0 fully saturated rings. The van der Waals surface area contributed by atoms with Crippen molar-refractivity contribution in [2.45, 2.75) is 0 Å². The van der Waals surface area contributed by atoms with Crippen molar-refractivity contribution in [2.24, 2.45) is 0 Å². The van der Waals surface area contributed by atoms with Crippen LogP contribution in [0.3, 0.4) is 0 Å². The number of rotatable bonds is 4. The molecule has 0 aliphatic heterocycles. The van der Waals surface area contributed by atoms with Crippen molar-refractivity contribution >= 4 is 82.5 Å². The zero-order valence-corrected chi connectivity index (χ0v) is 25.4. The Hall–Kier alpha value is -6.32. The van der Waals surface area contributed by atoms with Crippen molar-refractivity contribution in [1.82, 2.24) is 0 Å². The molecule has 3 heteroatoms. The van der Waals surface area contributed by atoms with Gasteiger partial charge in [0.2, 0.25) is 0 Å². The molecule has 0 radical (unpaired) electrons. The van der Waals surface area contributed by atoms with E-state index < -0.39 is 0 Å². The number of benzene rings is 8. The smallest absolute Gasteiger partial charge is 0.147 e. The molecule has 0 unspecified atom stereocenters. The largest absolute Gasteiger partial charge is 0.456 e. The second-order valence-electron chi connectivity index (χ2n) is 12.1. The maximum absolute atomic E-state index is 6.70. The van der Waals surface area contributed by atoms with Gasteiger partial charge >= 0.3 is 0 Å². The highest BCUT2D eigenvalue weighted by atomic mass is 16.3. The molecule has 0 N–H and O–H groups in total. The summed E-state index contributed by atoms with van der Waals surface area (Å²) in [4.78, 5) is 2.32. The van der Waals surface area contributed by atoms with Crippen LogP contribution < -0.4 is 4.90 Å². The van der Waals surface area contributed by atoms with Crippen LogP contribution in [0.25, 0.3) is 76.5 Å². The molecule has 10 aromatic rings. The minimum Gasteiger partial charge on any atom is -0.456 e. The Kier molecular flexibility index (Phi) is 5.57. The summed E-state index contributed by atoms with van der Waals surface area (Å²) < 4.78 is 13.2. The standard InChI is InChI=1S/C44H27NO2/c1-2-13-34(14-3-1)45(35-21-19-29(20-22-35)33-18-17-28-9-4-5-10-30(28)25-33)38-15-8-16-39-42(38)43-40(46-39)24-23-36-37-26-31-11-6-7-12-32(31)27-41(37)47-44(36)43/h1-27H. The fourth-order valence-electron chi connectivity index (χ4n) is 7.17. The second-order valence-corrected chi connectivity index (χ2v) is 12.1. The van der Waals surface area contributed by atoms with E-state index in [9.17, 15) is 0 Å². The van der Waals surface area contributed by atoms with Gasteiger partial charge in [0.1, 0.15) is 22.3 Å². The van der Waals surface area contributed by atoms with E-state index in [0.29, 0.717) is 0 Å². The number of para-hydroxylation sites is 1. The summed E-state index contributed by atoms with van der Waals surface area (Å²) in [6.07, 6.45) is 0. The average Bonchev–Trinajstić information content (AvgIpc) is 3.69. The summed E-state index contributed by atoms with van der Waals surface area (Å²) in [5.74, 6) is 0. The van der Waals surface area contributed by atoms with Crippen molar-refractivity contribution in [2.75, 3.05) is 4.90 Å². The first-order valence-electron chi connectivity index (χ1n) is 15.9. The third-order valence-electron chi connectivity index (χ3n) is 9.41. The topological polar surface area (TPSA) is 29.5 Å². The minimum absolute atomic E-state index is 0.809. The Bertz CT molecular complexity index is 2790. The van der Waals surface area contributed by atoms with Crippen LogP contribution in [-0.4, -0.2) is 0 Å². The molecular weight excluding hydrogens is 574 g/mol. The zero-order chi connectivity index (χ0) is 30.9. The molecule has 3 nitrogen and oxygen atoms in total. The highest BCUT2D eigenvalue weighted by Gasteiger charge is 2.23. The van der Waals surface area contributed by atoms with Gasteiger partial charge in [-0.25, -0.2) is 0 Å². The Labute approximate surface area is 270 Å². The molecular formula is C44H27NO2. The van der Waals surface area contributed by atoms with Gasteiger partial charge in [-0.2, -0.15) is 0 Å². The summed E-state index contributed by atoms with van der Waals surface area (Å²) in [5.41, 5.74) is 8.89. The molecule has 0 spiro atoms. The number of anilines is 3. The summed E-state index contributed by atoms with van der Waals surface area (Å²) in [6, 6.07) is 57.9. The van der Waals surface area contributed by atoms with Gasteiger partial charge in [-0.15, -0.1) is 0 Å². The normalized spacial score (nSPS) is 11.8. The SMILES string of the molecule is c1ccc(N(c2ccc(-c3ccc4ccccc4c3)cc2)c2cccc3oc4ccc5c6cc7ccccc7cc6oc5c4c23)cc1. The minimum atomic E-state index is 0.809. The van der Waals surface area contributed by atoms with Crippen molar-refractivity contribution in [3.63, 3.8) is 0 Å². The molecule has 10 rings (SSSR count). The quantitative estimate of drug-likeness (QED) is 0.201. The second kappa shape index (κ2) is 10.1. The van der Waals surface area contributed by atoms with Gasteiger partial charge in [-0.3, -0.25) is 0 Å².